The summed E-state index contributed by atoms with van der Waals surface area (Å²) in [5.74, 6) is -9.82. The average Bonchev–Trinajstić information content (AvgIpc) is 3.85. The number of esters is 6. The molecular formula is C38H54O17. The molecule has 0 aromatic rings. The highest BCUT2D eigenvalue weighted by Crippen LogP contribution is 2.78. The Morgan fingerprint density at radius 3 is 1.89 bits per heavy atom. The van der Waals surface area contributed by atoms with Gasteiger partial charge < -0.3 is 48.5 Å². The Balaban J connectivity index is 1.90. The van der Waals surface area contributed by atoms with Gasteiger partial charge in [-0.1, -0.05) is 27.7 Å². The van der Waals surface area contributed by atoms with Crippen LogP contribution in [0.15, 0.2) is 0 Å². The second-order valence-corrected chi connectivity index (χ2v) is 16.9. The Morgan fingerprint density at radius 2 is 1.40 bits per heavy atom. The zero-order valence-electron chi connectivity index (χ0n) is 33.0. The molecule has 4 aliphatic carbocycles. The van der Waals surface area contributed by atoms with Gasteiger partial charge in [0.2, 0.25) is 5.60 Å². The Bertz CT molecular complexity index is 1640. The van der Waals surface area contributed by atoms with Gasteiger partial charge in [-0.05, 0) is 37.0 Å². The lowest BCUT2D eigenvalue weighted by atomic mass is 9.31. The van der Waals surface area contributed by atoms with E-state index in [1.165, 1.54) is 6.92 Å². The lowest BCUT2D eigenvalue weighted by Crippen LogP contribution is -2.84. The summed E-state index contributed by atoms with van der Waals surface area (Å²) in [4.78, 5) is 92.8. The number of epoxide rings is 1. The second kappa shape index (κ2) is 14.1. The van der Waals surface area contributed by atoms with E-state index in [1.54, 1.807) is 27.7 Å². The van der Waals surface area contributed by atoms with Crippen molar-refractivity contribution in [2.24, 2.45) is 45.3 Å². The fourth-order valence-electron chi connectivity index (χ4n) is 12.3. The van der Waals surface area contributed by atoms with Gasteiger partial charge in [-0.25, -0.2) is 9.59 Å². The van der Waals surface area contributed by atoms with Gasteiger partial charge in [0, 0.05) is 58.0 Å². The minimum Gasteiger partial charge on any atom is -0.467 e. The van der Waals surface area contributed by atoms with Gasteiger partial charge in [0.15, 0.2) is 18.0 Å². The van der Waals surface area contributed by atoms with E-state index in [2.05, 4.69) is 0 Å². The van der Waals surface area contributed by atoms with Crippen molar-refractivity contribution in [2.75, 3.05) is 26.9 Å². The summed E-state index contributed by atoms with van der Waals surface area (Å²) in [6, 6.07) is 0. The quantitative estimate of drug-likeness (QED) is 0.156. The summed E-state index contributed by atoms with van der Waals surface area (Å²) in [5, 5.41) is 34.5. The standard InChI is InChI=1S/C38H54O17/c1-17(2)36(16-50-25(46)15-40)24(14-39)33(7)12-11-23-34(8,27(33)26(51-18(3)41)29(36)52-19(4)42)30(53-20(5)43)31(54-21(6)44)35(9)37(23,48)13-22(45)28-38(35,55-28)32(47)49-10/h17,23-24,26-31,39-40,48H,11-16H2,1-10H3. The lowest BCUT2D eigenvalue weighted by molar-refractivity contribution is -0.360. The monoisotopic (exact) mass is 782 g/mol. The minimum absolute atomic E-state index is 0.0431. The van der Waals surface area contributed by atoms with Crippen LogP contribution in [0.3, 0.4) is 0 Å². The topological polar surface area (TPSA) is 248 Å². The highest BCUT2D eigenvalue weighted by atomic mass is 16.7. The number of ketones is 1. The Labute approximate surface area is 319 Å². The number of carbonyl (C=O) groups excluding carboxylic acids is 7. The molecule has 17 nitrogen and oxygen atoms in total. The number of aliphatic hydroxyl groups excluding tert-OH is 2. The van der Waals surface area contributed by atoms with Crippen molar-refractivity contribution in [1.82, 2.24) is 0 Å². The summed E-state index contributed by atoms with van der Waals surface area (Å²) in [6.07, 6.45) is -8.02. The molecule has 0 radical (unpaired) electrons. The van der Waals surface area contributed by atoms with Gasteiger partial charge in [-0.15, -0.1) is 0 Å². The molecule has 0 amide bonds. The fourth-order valence-corrected chi connectivity index (χ4v) is 12.3. The fraction of sp³-hybridized carbons (Fsp3) is 0.816. The molecule has 0 aromatic heterocycles. The van der Waals surface area contributed by atoms with Gasteiger partial charge in [-0.2, -0.15) is 0 Å². The van der Waals surface area contributed by atoms with Crippen molar-refractivity contribution < 1.29 is 82.0 Å². The van der Waals surface area contributed by atoms with E-state index < -0.39 is 155 Å². The molecule has 308 valence electrons. The Morgan fingerprint density at radius 1 is 0.855 bits per heavy atom. The third kappa shape index (κ3) is 5.64. The zero-order valence-corrected chi connectivity index (χ0v) is 33.0. The predicted octanol–water partition coefficient (Wildman–Crippen LogP) is 0.586. The summed E-state index contributed by atoms with van der Waals surface area (Å²) in [6.45, 7) is 10.8. The lowest BCUT2D eigenvalue weighted by Gasteiger charge is -2.74. The molecule has 1 heterocycles. The van der Waals surface area contributed by atoms with Crippen LogP contribution < -0.4 is 0 Å². The van der Waals surface area contributed by atoms with Crippen LogP contribution in [0.1, 0.15) is 81.6 Å². The van der Waals surface area contributed by atoms with E-state index in [0.717, 1.165) is 34.8 Å². The Kier molecular flexibility index (Phi) is 10.9. The van der Waals surface area contributed by atoms with Gasteiger partial charge in [-0.3, -0.25) is 24.0 Å². The van der Waals surface area contributed by atoms with Crippen LogP contribution in [0.25, 0.3) is 0 Å². The first-order valence-corrected chi connectivity index (χ1v) is 18.5. The van der Waals surface area contributed by atoms with Crippen LogP contribution in [-0.2, 0) is 66.7 Å². The molecule has 1 aliphatic heterocycles. The molecule has 0 bridgehead atoms. The van der Waals surface area contributed by atoms with Gasteiger partial charge >= 0.3 is 35.8 Å². The maximum atomic E-state index is 13.9. The smallest absolute Gasteiger partial charge is 0.342 e. The van der Waals surface area contributed by atoms with Crippen molar-refractivity contribution in [3.05, 3.63) is 0 Å². The van der Waals surface area contributed by atoms with Crippen LogP contribution in [0.4, 0.5) is 0 Å². The van der Waals surface area contributed by atoms with E-state index in [9.17, 15) is 48.9 Å². The minimum atomic E-state index is -2.26. The number of hydrogen-bond acceptors (Lipinski definition) is 17. The molecule has 55 heavy (non-hydrogen) atoms. The first kappa shape index (κ1) is 42.5. The first-order valence-electron chi connectivity index (χ1n) is 18.5. The van der Waals surface area contributed by atoms with E-state index in [0.29, 0.717) is 0 Å². The van der Waals surface area contributed by atoms with E-state index in [4.69, 9.17) is 33.2 Å². The molecule has 0 aromatic carbocycles. The van der Waals surface area contributed by atoms with Crippen LogP contribution in [0.2, 0.25) is 0 Å². The molecule has 14 unspecified atom stereocenters. The highest BCUT2D eigenvalue weighted by Gasteiger charge is 2.92. The highest BCUT2D eigenvalue weighted by molar-refractivity contribution is 6.01. The number of rotatable bonds is 10. The molecule has 17 heteroatoms. The summed E-state index contributed by atoms with van der Waals surface area (Å²) in [5.41, 5.74) is -10.8. The normalized spacial score (nSPS) is 44.0. The number of Topliss-reactive ketones (excluding diaryl/α,β-unsaturated/α-hetero) is 1. The summed E-state index contributed by atoms with van der Waals surface area (Å²) in [7, 11) is 1.08. The number of fused-ring (bicyclic) bond motifs is 7. The summed E-state index contributed by atoms with van der Waals surface area (Å²) >= 11 is 0. The molecule has 3 N–H and O–H groups in total. The van der Waals surface area contributed by atoms with Crippen molar-refractivity contribution >= 4 is 41.6 Å². The number of aliphatic hydroxyl groups is 3. The van der Waals surface area contributed by atoms with Crippen LogP contribution in [-0.4, -0.2) is 126 Å². The van der Waals surface area contributed by atoms with E-state index in [-0.39, 0.29) is 12.8 Å². The maximum Gasteiger partial charge on any atom is 0.342 e. The van der Waals surface area contributed by atoms with Gasteiger partial charge in [0.25, 0.3) is 0 Å². The second-order valence-electron chi connectivity index (χ2n) is 16.9. The third-order valence-electron chi connectivity index (χ3n) is 14.3. The van der Waals surface area contributed by atoms with Gasteiger partial charge in [0.1, 0.15) is 31.5 Å². The Hall–Kier alpha value is -3.67. The van der Waals surface area contributed by atoms with Gasteiger partial charge in [0.05, 0.1) is 23.5 Å². The number of hydrogen-bond donors (Lipinski definition) is 3. The first-order chi connectivity index (χ1) is 25.5. The summed E-state index contributed by atoms with van der Waals surface area (Å²) < 4.78 is 41.1. The molecule has 5 aliphatic rings. The van der Waals surface area contributed by atoms with Crippen molar-refractivity contribution in [3.8, 4) is 0 Å². The molecule has 1 saturated heterocycles. The molecule has 5 rings (SSSR count). The maximum absolute atomic E-state index is 13.9. The van der Waals surface area contributed by atoms with Crippen molar-refractivity contribution in [1.29, 1.82) is 0 Å². The van der Waals surface area contributed by atoms with Crippen LogP contribution in [0.5, 0.6) is 0 Å². The molecule has 14 atom stereocenters. The molecule has 5 fully saturated rings. The predicted molar refractivity (Wildman–Crippen MR) is 183 cm³/mol. The molecular weight excluding hydrogens is 728 g/mol. The molecule has 4 saturated carbocycles. The zero-order chi connectivity index (χ0) is 41.4. The largest absolute Gasteiger partial charge is 0.467 e. The van der Waals surface area contributed by atoms with Crippen molar-refractivity contribution in [3.63, 3.8) is 0 Å². The van der Waals surface area contributed by atoms with E-state index >= 15 is 0 Å². The number of ether oxygens (including phenoxy) is 7. The third-order valence-corrected chi connectivity index (χ3v) is 14.3. The molecule has 0 spiro atoms. The van der Waals surface area contributed by atoms with E-state index in [1.807, 2.05) is 0 Å². The van der Waals surface area contributed by atoms with Crippen LogP contribution >= 0.6 is 0 Å². The average molecular weight is 783 g/mol. The van der Waals surface area contributed by atoms with Crippen LogP contribution in [0, 0.1) is 45.3 Å². The SMILES string of the molecule is COC(=O)C12OC1C(=O)CC1(O)C3CCC4(C)C(C(OC(C)=O)C(OC(C)=O)C(COC(=O)CO)(C(C)C)C4CO)C3(C)C(OC(C)=O)C(OC(C)=O)C12C. The number of methoxy groups -OCH3 is 1. The van der Waals surface area contributed by atoms with Crippen molar-refractivity contribution in [2.45, 2.75) is 123 Å². The number of carbonyl (C=O) groups is 7.